The predicted molar refractivity (Wildman–Crippen MR) is 80.4 cm³/mol. The Morgan fingerprint density at radius 3 is 2.35 bits per heavy atom. The molecule has 0 saturated heterocycles. The molecule has 2 aromatic rings. The third-order valence-corrected chi connectivity index (χ3v) is 3.33. The minimum Gasteiger partial charge on any atom is -0.233 e. The van der Waals surface area contributed by atoms with Crippen molar-refractivity contribution in [3.63, 3.8) is 0 Å². The highest BCUT2D eigenvalue weighted by molar-refractivity contribution is 5.65. The summed E-state index contributed by atoms with van der Waals surface area (Å²) in [6.45, 7) is 10.4. The first kappa shape index (κ1) is 14.2. The van der Waals surface area contributed by atoms with Gasteiger partial charge in [-0.3, -0.25) is 0 Å². The number of aryl methyl sites for hydroxylation is 2. The molecule has 3 nitrogen and oxygen atoms in total. The predicted octanol–water partition coefficient (Wildman–Crippen LogP) is 3.93. The van der Waals surface area contributed by atoms with Crippen LogP contribution in [0.15, 0.2) is 24.3 Å². The van der Waals surface area contributed by atoms with Crippen LogP contribution in [0, 0.1) is 25.2 Å². The van der Waals surface area contributed by atoms with Crippen molar-refractivity contribution in [3.8, 4) is 17.3 Å². The first-order chi connectivity index (χ1) is 9.31. The lowest BCUT2D eigenvalue weighted by Crippen LogP contribution is -2.11. The molecule has 0 aliphatic heterocycles. The van der Waals surface area contributed by atoms with Gasteiger partial charge in [0.2, 0.25) is 0 Å². The fraction of sp³-hybridized carbons (Fsp3) is 0.353. The van der Waals surface area contributed by atoms with Gasteiger partial charge in [-0.15, -0.1) is 0 Å². The van der Waals surface area contributed by atoms with E-state index in [2.05, 4.69) is 61.9 Å². The van der Waals surface area contributed by atoms with E-state index in [0.717, 1.165) is 16.8 Å². The summed E-state index contributed by atoms with van der Waals surface area (Å²) in [6.07, 6.45) is 0. The standard InChI is InChI=1S/C17H19N3/c1-11-6-7-13(17(3,4)5)8-15(11)16-9-14(10-18)19-12(2)20-16/h6-9H,1-5H3. The molecule has 1 heterocycles. The monoisotopic (exact) mass is 265 g/mol. The Morgan fingerprint density at radius 1 is 1.05 bits per heavy atom. The van der Waals surface area contributed by atoms with Crippen molar-refractivity contribution in [1.29, 1.82) is 5.26 Å². The molecule has 0 radical (unpaired) electrons. The van der Waals surface area contributed by atoms with Gasteiger partial charge in [0.05, 0.1) is 5.69 Å². The minimum atomic E-state index is 0.0859. The average Bonchev–Trinajstić information content (AvgIpc) is 2.37. The van der Waals surface area contributed by atoms with Crippen molar-refractivity contribution in [2.24, 2.45) is 0 Å². The van der Waals surface area contributed by atoms with E-state index in [4.69, 9.17) is 5.26 Å². The second-order valence-corrected chi connectivity index (χ2v) is 6.08. The van der Waals surface area contributed by atoms with Crippen molar-refractivity contribution in [2.75, 3.05) is 0 Å². The van der Waals surface area contributed by atoms with Crippen molar-refractivity contribution in [1.82, 2.24) is 9.97 Å². The largest absolute Gasteiger partial charge is 0.233 e. The summed E-state index contributed by atoms with van der Waals surface area (Å²) in [7, 11) is 0. The van der Waals surface area contributed by atoms with E-state index in [9.17, 15) is 0 Å². The van der Waals surface area contributed by atoms with Gasteiger partial charge in [-0.1, -0.05) is 32.9 Å². The van der Waals surface area contributed by atoms with E-state index in [1.54, 1.807) is 6.07 Å². The van der Waals surface area contributed by atoms with Crippen LogP contribution in [0.25, 0.3) is 11.3 Å². The number of rotatable bonds is 1. The van der Waals surface area contributed by atoms with Crippen molar-refractivity contribution < 1.29 is 0 Å². The van der Waals surface area contributed by atoms with E-state index in [0.29, 0.717) is 11.5 Å². The fourth-order valence-corrected chi connectivity index (χ4v) is 2.13. The Labute approximate surface area is 120 Å². The molecule has 1 aromatic heterocycles. The lowest BCUT2D eigenvalue weighted by Gasteiger charge is -2.20. The van der Waals surface area contributed by atoms with Crippen LogP contribution in [0.3, 0.4) is 0 Å². The van der Waals surface area contributed by atoms with Gasteiger partial charge in [0.25, 0.3) is 0 Å². The van der Waals surface area contributed by atoms with Crippen LogP contribution < -0.4 is 0 Å². The van der Waals surface area contributed by atoms with Crippen LogP contribution >= 0.6 is 0 Å². The van der Waals surface area contributed by atoms with Crippen LogP contribution in [0.4, 0.5) is 0 Å². The molecule has 0 aliphatic carbocycles. The van der Waals surface area contributed by atoms with Crippen LogP contribution in [0.2, 0.25) is 0 Å². The van der Waals surface area contributed by atoms with Gasteiger partial charge in [-0.25, -0.2) is 9.97 Å². The maximum Gasteiger partial charge on any atom is 0.144 e. The van der Waals surface area contributed by atoms with Gasteiger partial charge in [-0.05, 0) is 36.5 Å². The van der Waals surface area contributed by atoms with Crippen LogP contribution in [0.1, 0.15) is 43.4 Å². The molecule has 0 atom stereocenters. The first-order valence-corrected chi connectivity index (χ1v) is 6.68. The van der Waals surface area contributed by atoms with Gasteiger partial charge in [0, 0.05) is 11.6 Å². The van der Waals surface area contributed by atoms with Gasteiger partial charge < -0.3 is 0 Å². The molecule has 0 fully saturated rings. The summed E-state index contributed by atoms with van der Waals surface area (Å²) in [5.41, 5.74) is 4.79. The van der Waals surface area contributed by atoms with Crippen LogP contribution in [-0.4, -0.2) is 9.97 Å². The SMILES string of the molecule is Cc1nc(C#N)cc(-c2cc(C(C)(C)C)ccc2C)n1. The summed E-state index contributed by atoms with van der Waals surface area (Å²) in [4.78, 5) is 8.58. The zero-order valence-electron chi connectivity index (χ0n) is 12.7. The summed E-state index contributed by atoms with van der Waals surface area (Å²) < 4.78 is 0. The minimum absolute atomic E-state index is 0.0859. The topological polar surface area (TPSA) is 49.6 Å². The zero-order valence-corrected chi connectivity index (χ0v) is 12.7. The normalized spacial score (nSPS) is 11.2. The molecular weight excluding hydrogens is 246 g/mol. The van der Waals surface area contributed by atoms with Crippen molar-refractivity contribution in [3.05, 3.63) is 46.9 Å². The van der Waals surface area contributed by atoms with Gasteiger partial charge in [-0.2, -0.15) is 5.26 Å². The van der Waals surface area contributed by atoms with Gasteiger partial charge in [0.1, 0.15) is 17.6 Å². The maximum atomic E-state index is 9.05. The molecule has 1 aromatic carbocycles. The number of benzene rings is 1. The number of nitrogens with zero attached hydrogens (tertiary/aromatic N) is 3. The molecule has 0 saturated carbocycles. The molecule has 0 unspecified atom stereocenters. The molecule has 0 spiro atoms. The van der Waals surface area contributed by atoms with Crippen LogP contribution in [0.5, 0.6) is 0 Å². The first-order valence-electron chi connectivity index (χ1n) is 6.68. The molecule has 0 N–H and O–H groups in total. The Morgan fingerprint density at radius 2 is 1.75 bits per heavy atom. The smallest absolute Gasteiger partial charge is 0.144 e. The quantitative estimate of drug-likeness (QED) is 0.785. The van der Waals surface area contributed by atoms with Gasteiger partial charge >= 0.3 is 0 Å². The summed E-state index contributed by atoms with van der Waals surface area (Å²) >= 11 is 0. The van der Waals surface area contributed by atoms with E-state index in [-0.39, 0.29) is 5.41 Å². The number of aromatic nitrogens is 2. The van der Waals surface area contributed by atoms with Crippen molar-refractivity contribution >= 4 is 0 Å². The molecule has 0 amide bonds. The third-order valence-electron chi connectivity index (χ3n) is 3.33. The van der Waals surface area contributed by atoms with E-state index < -0.39 is 0 Å². The highest BCUT2D eigenvalue weighted by Crippen LogP contribution is 2.29. The molecule has 3 heteroatoms. The Hall–Kier alpha value is -2.21. The number of hydrogen-bond donors (Lipinski definition) is 0. The summed E-state index contributed by atoms with van der Waals surface area (Å²) in [5, 5.41) is 9.05. The number of hydrogen-bond acceptors (Lipinski definition) is 3. The van der Waals surface area contributed by atoms with E-state index in [1.165, 1.54) is 5.56 Å². The summed E-state index contributed by atoms with van der Waals surface area (Å²) in [6, 6.07) is 10.3. The highest BCUT2D eigenvalue weighted by Gasteiger charge is 2.16. The highest BCUT2D eigenvalue weighted by atomic mass is 14.9. The lowest BCUT2D eigenvalue weighted by atomic mass is 9.85. The Balaban J connectivity index is 2.64. The molecule has 0 bridgehead atoms. The van der Waals surface area contributed by atoms with E-state index in [1.807, 2.05) is 6.92 Å². The number of nitriles is 1. The van der Waals surface area contributed by atoms with Crippen LogP contribution in [-0.2, 0) is 5.41 Å². The Bertz CT molecular complexity index is 688. The molecular formula is C17H19N3. The molecule has 2 rings (SSSR count). The fourth-order valence-electron chi connectivity index (χ4n) is 2.13. The lowest BCUT2D eigenvalue weighted by molar-refractivity contribution is 0.590. The molecule has 0 aliphatic rings. The maximum absolute atomic E-state index is 9.05. The van der Waals surface area contributed by atoms with Crippen molar-refractivity contribution in [2.45, 2.75) is 40.0 Å². The Kier molecular flexibility index (Phi) is 3.59. The second kappa shape index (κ2) is 5.05. The molecule has 102 valence electrons. The summed E-state index contributed by atoms with van der Waals surface area (Å²) in [5.74, 6) is 0.625. The zero-order chi connectivity index (χ0) is 14.9. The molecule has 20 heavy (non-hydrogen) atoms. The average molecular weight is 265 g/mol. The third kappa shape index (κ3) is 2.85. The van der Waals surface area contributed by atoms with E-state index >= 15 is 0 Å². The second-order valence-electron chi connectivity index (χ2n) is 6.08. The van der Waals surface area contributed by atoms with Gasteiger partial charge in [0.15, 0.2) is 0 Å².